The van der Waals surface area contributed by atoms with Gasteiger partial charge in [-0.15, -0.1) is 0 Å². The summed E-state index contributed by atoms with van der Waals surface area (Å²) in [5.74, 6) is -1.69. The quantitative estimate of drug-likeness (QED) is 0.410. The van der Waals surface area contributed by atoms with Gasteiger partial charge in [0.25, 0.3) is 11.8 Å². The molecule has 0 aliphatic rings. The maximum absolute atomic E-state index is 12.8. The van der Waals surface area contributed by atoms with Gasteiger partial charge in [0.1, 0.15) is 0 Å². The summed E-state index contributed by atoms with van der Waals surface area (Å²) >= 11 is 0. The van der Waals surface area contributed by atoms with Gasteiger partial charge in [0, 0.05) is 0 Å². The molecule has 2 N–H and O–H groups in total. The Hall–Kier alpha value is -4.59. The molecule has 0 aliphatic carbocycles. The monoisotopic (exact) mass is 454 g/mol. The molecule has 1 aromatic heterocycles. The lowest BCUT2D eigenvalue weighted by molar-refractivity contribution is -0.119. The van der Waals surface area contributed by atoms with E-state index in [0.29, 0.717) is 22.3 Å². The zero-order chi connectivity index (χ0) is 23.9. The van der Waals surface area contributed by atoms with Gasteiger partial charge in [-0.2, -0.15) is 0 Å². The molecular formula is C26H22N4O4. The van der Waals surface area contributed by atoms with Gasteiger partial charge in [-0.3, -0.25) is 14.6 Å². The van der Waals surface area contributed by atoms with Crippen molar-refractivity contribution in [3.8, 4) is 0 Å². The number of rotatable bonds is 7. The van der Waals surface area contributed by atoms with Crippen LogP contribution in [0.4, 0.5) is 5.69 Å². The van der Waals surface area contributed by atoms with Crippen LogP contribution < -0.4 is 10.6 Å². The zero-order valence-electron chi connectivity index (χ0n) is 18.4. The summed E-state index contributed by atoms with van der Waals surface area (Å²) in [6.45, 7) is 1.34. The Morgan fingerprint density at radius 1 is 0.882 bits per heavy atom. The highest BCUT2D eigenvalue weighted by Gasteiger charge is 2.17. The number of anilines is 1. The van der Waals surface area contributed by atoms with Crippen LogP contribution in [-0.4, -0.2) is 34.4 Å². The molecule has 8 heteroatoms. The molecule has 0 aliphatic heterocycles. The minimum Gasteiger partial charge on any atom is -0.451 e. The smallest absolute Gasteiger partial charge is 0.359 e. The van der Waals surface area contributed by atoms with Crippen molar-refractivity contribution in [1.82, 2.24) is 15.3 Å². The van der Waals surface area contributed by atoms with Gasteiger partial charge in [-0.1, -0.05) is 54.6 Å². The highest BCUT2D eigenvalue weighted by Crippen LogP contribution is 2.18. The summed E-state index contributed by atoms with van der Waals surface area (Å²) in [5.41, 5.74) is 2.76. The van der Waals surface area contributed by atoms with Gasteiger partial charge in [0.2, 0.25) is 0 Å². The highest BCUT2D eigenvalue weighted by atomic mass is 16.5. The number of para-hydroxylation sites is 3. The Balaban J connectivity index is 1.37. The van der Waals surface area contributed by atoms with Crippen LogP contribution in [0.25, 0.3) is 11.0 Å². The minimum absolute atomic E-state index is 0.00109. The van der Waals surface area contributed by atoms with E-state index in [4.69, 9.17) is 4.74 Å². The lowest BCUT2D eigenvalue weighted by Crippen LogP contribution is -2.28. The molecule has 34 heavy (non-hydrogen) atoms. The first kappa shape index (κ1) is 22.6. The summed E-state index contributed by atoms with van der Waals surface area (Å²) in [4.78, 5) is 45.9. The molecular weight excluding hydrogens is 432 g/mol. The van der Waals surface area contributed by atoms with E-state index in [1.807, 2.05) is 43.3 Å². The molecule has 0 fully saturated rings. The Morgan fingerprint density at radius 3 is 2.35 bits per heavy atom. The molecule has 4 rings (SSSR count). The SMILES string of the molecule is CC(NC(=O)c1ccccc1NC(=O)COC(=O)c1cnc2ccccc2n1)c1ccccc1. The number of hydrogen-bond donors (Lipinski definition) is 2. The molecule has 1 unspecified atom stereocenters. The molecule has 170 valence electrons. The van der Waals surface area contributed by atoms with Gasteiger partial charge in [0.15, 0.2) is 12.3 Å². The maximum Gasteiger partial charge on any atom is 0.359 e. The molecule has 1 atom stereocenters. The van der Waals surface area contributed by atoms with Crippen molar-refractivity contribution in [3.63, 3.8) is 0 Å². The number of aromatic nitrogens is 2. The molecule has 4 aromatic rings. The highest BCUT2D eigenvalue weighted by molar-refractivity contribution is 6.04. The van der Waals surface area contributed by atoms with Crippen LogP contribution in [0.15, 0.2) is 85.1 Å². The van der Waals surface area contributed by atoms with Crippen molar-refractivity contribution in [2.24, 2.45) is 0 Å². The minimum atomic E-state index is -0.767. The van der Waals surface area contributed by atoms with Crippen LogP contribution in [0.1, 0.15) is 39.4 Å². The molecule has 0 bridgehead atoms. The predicted octanol–water partition coefficient (Wildman–Crippen LogP) is 3.92. The largest absolute Gasteiger partial charge is 0.451 e. The van der Waals surface area contributed by atoms with Crippen LogP contribution in [-0.2, 0) is 9.53 Å². The second-order valence-corrected chi connectivity index (χ2v) is 7.52. The molecule has 0 saturated carbocycles. The zero-order valence-corrected chi connectivity index (χ0v) is 18.4. The molecule has 0 spiro atoms. The van der Waals surface area contributed by atoms with Crippen molar-refractivity contribution in [2.45, 2.75) is 13.0 Å². The third kappa shape index (κ3) is 5.42. The standard InChI is InChI=1S/C26H22N4O4/c1-17(18-9-3-2-4-10-18)28-25(32)19-11-5-6-12-20(19)30-24(31)16-34-26(33)23-15-27-21-13-7-8-14-22(21)29-23/h2-15,17H,16H2,1H3,(H,28,32)(H,30,31). The average Bonchev–Trinajstić information content (AvgIpc) is 2.87. The van der Waals surface area contributed by atoms with Gasteiger partial charge < -0.3 is 15.4 Å². The summed E-state index contributed by atoms with van der Waals surface area (Å²) in [7, 11) is 0. The number of benzene rings is 3. The number of ether oxygens (including phenoxy) is 1. The first-order valence-electron chi connectivity index (χ1n) is 10.6. The van der Waals surface area contributed by atoms with Crippen molar-refractivity contribution in [3.05, 3.63) is 102 Å². The molecule has 2 amide bonds. The number of amides is 2. The second-order valence-electron chi connectivity index (χ2n) is 7.52. The van der Waals surface area contributed by atoms with Gasteiger partial charge in [-0.25, -0.2) is 9.78 Å². The fourth-order valence-corrected chi connectivity index (χ4v) is 3.34. The van der Waals surface area contributed by atoms with E-state index in [2.05, 4.69) is 20.6 Å². The molecule has 0 saturated heterocycles. The Bertz CT molecular complexity index is 1340. The lowest BCUT2D eigenvalue weighted by Gasteiger charge is -2.16. The Labute approximate surface area is 196 Å². The maximum atomic E-state index is 12.8. The van der Waals surface area contributed by atoms with E-state index in [-0.39, 0.29) is 17.6 Å². The van der Waals surface area contributed by atoms with E-state index in [0.717, 1.165) is 5.56 Å². The number of hydrogen-bond acceptors (Lipinski definition) is 6. The van der Waals surface area contributed by atoms with Gasteiger partial charge in [-0.05, 0) is 36.8 Å². The molecule has 1 heterocycles. The van der Waals surface area contributed by atoms with Crippen LogP contribution in [0, 0.1) is 0 Å². The van der Waals surface area contributed by atoms with Gasteiger partial charge >= 0.3 is 5.97 Å². The first-order valence-corrected chi connectivity index (χ1v) is 10.6. The Morgan fingerprint density at radius 2 is 1.56 bits per heavy atom. The second kappa shape index (κ2) is 10.4. The molecule has 8 nitrogen and oxygen atoms in total. The summed E-state index contributed by atoms with van der Waals surface area (Å²) in [5, 5.41) is 5.55. The van der Waals surface area contributed by atoms with E-state index in [1.54, 1.807) is 42.5 Å². The third-order valence-electron chi connectivity index (χ3n) is 5.09. The Kier molecular flexibility index (Phi) is 6.88. The number of nitrogens with one attached hydrogen (secondary N) is 2. The normalized spacial score (nSPS) is 11.4. The van der Waals surface area contributed by atoms with Crippen LogP contribution in [0.5, 0.6) is 0 Å². The number of esters is 1. The van der Waals surface area contributed by atoms with Crippen molar-refractivity contribution >= 4 is 34.5 Å². The van der Waals surface area contributed by atoms with Crippen molar-refractivity contribution < 1.29 is 19.1 Å². The average molecular weight is 454 g/mol. The number of nitrogens with zero attached hydrogens (tertiary/aromatic N) is 2. The summed E-state index contributed by atoms with van der Waals surface area (Å²) in [6.07, 6.45) is 1.30. The summed E-state index contributed by atoms with van der Waals surface area (Å²) < 4.78 is 5.08. The lowest BCUT2D eigenvalue weighted by atomic mass is 10.1. The van der Waals surface area contributed by atoms with E-state index in [1.165, 1.54) is 6.20 Å². The van der Waals surface area contributed by atoms with Crippen LogP contribution in [0.2, 0.25) is 0 Å². The first-order chi connectivity index (χ1) is 16.5. The number of carbonyl (C=O) groups is 3. The van der Waals surface area contributed by atoms with Crippen molar-refractivity contribution in [1.29, 1.82) is 0 Å². The topological polar surface area (TPSA) is 110 Å². The van der Waals surface area contributed by atoms with E-state index in [9.17, 15) is 14.4 Å². The van der Waals surface area contributed by atoms with Crippen molar-refractivity contribution in [2.75, 3.05) is 11.9 Å². The number of fused-ring (bicyclic) bond motifs is 1. The third-order valence-corrected chi connectivity index (χ3v) is 5.09. The predicted molar refractivity (Wildman–Crippen MR) is 127 cm³/mol. The molecule has 0 radical (unpaired) electrons. The van der Waals surface area contributed by atoms with Gasteiger partial charge in [0.05, 0.1) is 34.5 Å². The van der Waals surface area contributed by atoms with E-state index >= 15 is 0 Å². The van der Waals surface area contributed by atoms with E-state index < -0.39 is 18.5 Å². The fraction of sp³-hybridized carbons (Fsp3) is 0.115. The van der Waals surface area contributed by atoms with Crippen LogP contribution >= 0.6 is 0 Å². The summed E-state index contributed by atoms with van der Waals surface area (Å²) in [6, 6.07) is 23.1. The van der Waals surface area contributed by atoms with Crippen LogP contribution in [0.3, 0.4) is 0 Å². The number of carbonyl (C=O) groups excluding carboxylic acids is 3. The molecule has 3 aromatic carbocycles. The fourth-order valence-electron chi connectivity index (χ4n) is 3.34.